The molecule has 2 aliphatic rings. The predicted molar refractivity (Wildman–Crippen MR) is 83.8 cm³/mol. The first-order valence-electron chi connectivity index (χ1n) is 7.88. The van der Waals surface area contributed by atoms with E-state index in [0.717, 1.165) is 0 Å². The van der Waals surface area contributed by atoms with E-state index in [9.17, 15) is 8.42 Å². The van der Waals surface area contributed by atoms with E-state index in [4.69, 9.17) is 0 Å². The average molecular weight is 302 g/mol. The third kappa shape index (κ3) is 3.55. The van der Waals surface area contributed by atoms with Crippen molar-refractivity contribution in [3.8, 4) is 0 Å². The number of rotatable bonds is 4. The van der Waals surface area contributed by atoms with Crippen molar-refractivity contribution in [3.05, 3.63) is 0 Å². The first-order chi connectivity index (χ1) is 9.21. The second kappa shape index (κ2) is 5.93. The molecule has 2 saturated heterocycles. The summed E-state index contributed by atoms with van der Waals surface area (Å²) in [6, 6.07) is 1.88. The Morgan fingerprint density at radius 1 is 1.15 bits per heavy atom. The molecule has 1 N–H and O–H groups in total. The van der Waals surface area contributed by atoms with Crippen molar-refractivity contribution in [2.75, 3.05) is 19.3 Å². The fourth-order valence-corrected chi connectivity index (χ4v) is 4.49. The maximum absolute atomic E-state index is 12.1. The minimum atomic E-state index is -3.00. The van der Waals surface area contributed by atoms with E-state index in [1.807, 2.05) is 0 Å². The van der Waals surface area contributed by atoms with Gasteiger partial charge in [0.1, 0.15) is 0 Å². The van der Waals surface area contributed by atoms with Gasteiger partial charge in [-0.15, -0.1) is 0 Å². The quantitative estimate of drug-likeness (QED) is 0.860. The monoisotopic (exact) mass is 302 g/mol. The van der Waals surface area contributed by atoms with Crippen LogP contribution >= 0.6 is 0 Å². The number of hydrogen-bond donors (Lipinski definition) is 1. The molecular weight excluding hydrogens is 272 g/mol. The zero-order valence-electron chi connectivity index (χ0n) is 13.4. The van der Waals surface area contributed by atoms with E-state index >= 15 is 0 Å². The largest absolute Gasteiger partial charge is 0.313 e. The summed E-state index contributed by atoms with van der Waals surface area (Å²) in [6.45, 7) is 5.93. The maximum Gasteiger partial charge on any atom is 0.156 e. The van der Waals surface area contributed by atoms with Crippen molar-refractivity contribution in [1.82, 2.24) is 10.2 Å². The predicted octanol–water partition coefficient (Wildman–Crippen LogP) is 1.80. The van der Waals surface area contributed by atoms with Gasteiger partial charge in [0.05, 0.1) is 10.5 Å². The maximum atomic E-state index is 12.1. The molecular formula is C15H30N2O2S. The molecule has 20 heavy (non-hydrogen) atoms. The lowest BCUT2D eigenvalue weighted by atomic mass is 9.82. The first-order valence-corrected chi connectivity index (χ1v) is 9.53. The molecule has 0 aromatic heterocycles. The van der Waals surface area contributed by atoms with Crippen molar-refractivity contribution in [3.63, 3.8) is 0 Å². The molecule has 0 aliphatic carbocycles. The summed E-state index contributed by atoms with van der Waals surface area (Å²) < 4.78 is 23.5. The lowest BCUT2D eigenvalue weighted by Gasteiger charge is -2.47. The summed E-state index contributed by atoms with van der Waals surface area (Å²) in [5.74, 6) is 0.248. The molecule has 2 heterocycles. The van der Waals surface area contributed by atoms with Crippen LogP contribution in [0, 0.1) is 0 Å². The van der Waals surface area contributed by atoms with Crippen molar-refractivity contribution in [1.29, 1.82) is 0 Å². The molecule has 2 bridgehead atoms. The molecule has 118 valence electrons. The molecule has 0 spiro atoms. The molecule has 2 unspecified atom stereocenters. The Hall–Kier alpha value is -0.130. The third-order valence-electron chi connectivity index (χ3n) is 5.08. The highest BCUT2D eigenvalue weighted by atomic mass is 32.2. The number of nitrogens with one attached hydrogen (secondary N) is 1. The third-order valence-corrected chi connectivity index (χ3v) is 7.68. The van der Waals surface area contributed by atoms with Crippen LogP contribution in [0.25, 0.3) is 0 Å². The highest BCUT2D eigenvalue weighted by molar-refractivity contribution is 7.92. The summed E-state index contributed by atoms with van der Waals surface area (Å²) in [5, 5.41) is 3.49. The van der Waals surface area contributed by atoms with Gasteiger partial charge in [0.2, 0.25) is 0 Å². The minimum Gasteiger partial charge on any atom is -0.313 e. The molecule has 0 amide bonds. The number of fused-ring (bicyclic) bond motifs is 2. The summed E-state index contributed by atoms with van der Waals surface area (Å²) in [6.07, 6.45) is 6.28. The van der Waals surface area contributed by atoms with Crippen LogP contribution in [-0.4, -0.2) is 55.5 Å². The molecule has 0 aromatic carbocycles. The number of piperidine rings is 2. The molecule has 2 rings (SSSR count). The highest BCUT2D eigenvalue weighted by Crippen LogP contribution is 2.32. The van der Waals surface area contributed by atoms with Crippen LogP contribution < -0.4 is 5.32 Å². The lowest BCUT2D eigenvalue weighted by Crippen LogP contribution is -2.55. The molecule has 2 aliphatic heterocycles. The molecule has 2 fully saturated rings. The minimum absolute atomic E-state index is 0.248. The first kappa shape index (κ1) is 16.2. The van der Waals surface area contributed by atoms with Gasteiger partial charge in [-0.3, -0.25) is 0 Å². The summed E-state index contributed by atoms with van der Waals surface area (Å²) in [7, 11) is -0.756. The topological polar surface area (TPSA) is 49.4 Å². The van der Waals surface area contributed by atoms with Crippen molar-refractivity contribution in [2.24, 2.45) is 0 Å². The Morgan fingerprint density at radius 3 is 2.20 bits per heavy atom. The zero-order chi connectivity index (χ0) is 15.0. The summed E-state index contributed by atoms with van der Waals surface area (Å²) in [4.78, 5) is 2.54. The van der Waals surface area contributed by atoms with E-state index in [-0.39, 0.29) is 5.75 Å². The second-order valence-electron chi connectivity index (χ2n) is 7.46. The van der Waals surface area contributed by atoms with E-state index in [0.29, 0.717) is 24.7 Å². The number of sulfone groups is 1. The van der Waals surface area contributed by atoms with Crippen LogP contribution in [0.1, 0.15) is 52.9 Å². The summed E-state index contributed by atoms with van der Waals surface area (Å²) in [5.41, 5.74) is 0. The van der Waals surface area contributed by atoms with Gasteiger partial charge < -0.3 is 10.2 Å². The van der Waals surface area contributed by atoms with E-state index < -0.39 is 14.6 Å². The fraction of sp³-hybridized carbons (Fsp3) is 1.00. The van der Waals surface area contributed by atoms with E-state index in [1.54, 1.807) is 20.8 Å². The Balaban J connectivity index is 1.81. The van der Waals surface area contributed by atoms with Gasteiger partial charge in [0.25, 0.3) is 0 Å². The van der Waals surface area contributed by atoms with Gasteiger partial charge in [0.15, 0.2) is 9.84 Å². The van der Waals surface area contributed by atoms with Gasteiger partial charge in [-0.1, -0.05) is 6.42 Å². The Morgan fingerprint density at radius 2 is 1.70 bits per heavy atom. The number of nitrogens with zero attached hydrogens (tertiary/aromatic N) is 1. The Kier molecular flexibility index (Phi) is 4.82. The smallest absolute Gasteiger partial charge is 0.156 e. The van der Waals surface area contributed by atoms with Gasteiger partial charge in [-0.2, -0.15) is 0 Å². The van der Waals surface area contributed by atoms with Crippen molar-refractivity contribution >= 4 is 9.84 Å². The van der Waals surface area contributed by atoms with Crippen molar-refractivity contribution < 1.29 is 8.42 Å². The fourth-order valence-electron chi connectivity index (χ4n) is 3.49. The van der Waals surface area contributed by atoms with Crippen LogP contribution in [0.3, 0.4) is 0 Å². The second-order valence-corrected chi connectivity index (χ2v) is 10.3. The standard InChI is InChI=1S/C15H30N2O2S/c1-15(2,3)20(18,19)9-8-16-12-10-13-6-5-7-14(11-12)17(13)4/h12-14,16H,5-11H2,1-4H3. The van der Waals surface area contributed by atoms with Crippen LogP contribution in [0.4, 0.5) is 0 Å². The van der Waals surface area contributed by atoms with Crippen LogP contribution in [-0.2, 0) is 9.84 Å². The average Bonchev–Trinajstić information content (AvgIpc) is 2.28. The van der Waals surface area contributed by atoms with Gasteiger partial charge in [-0.25, -0.2) is 8.42 Å². The summed E-state index contributed by atoms with van der Waals surface area (Å²) >= 11 is 0. The van der Waals surface area contributed by atoms with E-state index in [2.05, 4.69) is 17.3 Å². The molecule has 4 nitrogen and oxygen atoms in total. The van der Waals surface area contributed by atoms with Crippen LogP contribution in [0.15, 0.2) is 0 Å². The Bertz CT molecular complexity index is 414. The lowest BCUT2D eigenvalue weighted by molar-refractivity contribution is 0.0491. The number of hydrogen-bond acceptors (Lipinski definition) is 4. The van der Waals surface area contributed by atoms with E-state index in [1.165, 1.54) is 32.1 Å². The molecule has 0 aromatic rings. The van der Waals surface area contributed by atoms with Crippen LogP contribution in [0.2, 0.25) is 0 Å². The van der Waals surface area contributed by atoms with Gasteiger partial charge in [0, 0.05) is 24.7 Å². The molecule has 0 saturated carbocycles. The molecule has 2 atom stereocenters. The van der Waals surface area contributed by atoms with Gasteiger partial charge >= 0.3 is 0 Å². The zero-order valence-corrected chi connectivity index (χ0v) is 14.2. The van der Waals surface area contributed by atoms with Gasteiger partial charge in [-0.05, 0) is 53.5 Å². The molecule has 0 radical (unpaired) electrons. The van der Waals surface area contributed by atoms with Crippen molar-refractivity contribution in [2.45, 2.75) is 75.7 Å². The highest BCUT2D eigenvalue weighted by Gasteiger charge is 2.36. The normalized spacial score (nSPS) is 32.3. The Labute approximate surface area is 124 Å². The van der Waals surface area contributed by atoms with Crippen LogP contribution in [0.5, 0.6) is 0 Å². The molecule has 5 heteroatoms. The SMILES string of the molecule is CN1C2CCCC1CC(NCCS(=O)(=O)C(C)(C)C)C2.